The van der Waals surface area contributed by atoms with Crippen molar-refractivity contribution in [3.8, 4) is 0 Å². The van der Waals surface area contributed by atoms with Crippen LogP contribution in [0.3, 0.4) is 0 Å². The molecule has 0 fully saturated rings. The topological polar surface area (TPSA) is 88.2 Å². The lowest BCUT2D eigenvalue weighted by atomic mass is 10.2. The van der Waals surface area contributed by atoms with Crippen molar-refractivity contribution in [3.63, 3.8) is 0 Å². The van der Waals surface area contributed by atoms with Crippen molar-refractivity contribution in [2.24, 2.45) is 5.73 Å². The summed E-state index contributed by atoms with van der Waals surface area (Å²) in [6.45, 7) is 2.35. The molecular weight excluding hydrogens is 242 g/mol. The maximum absolute atomic E-state index is 11.8. The molecule has 0 spiro atoms. The Bertz CT molecular complexity index is 478. The number of hydrogen-bond acceptors (Lipinski definition) is 3. The van der Waals surface area contributed by atoms with Crippen LogP contribution in [-0.2, 0) is 9.53 Å². The molecule has 0 aromatic heterocycles. The van der Waals surface area contributed by atoms with E-state index in [4.69, 9.17) is 15.9 Å². The Morgan fingerprint density at radius 2 is 2.05 bits per heavy atom. The van der Waals surface area contributed by atoms with Crippen LogP contribution in [0.25, 0.3) is 0 Å². The van der Waals surface area contributed by atoms with Gasteiger partial charge in [0.05, 0.1) is 0 Å². The third-order valence-electron chi connectivity index (χ3n) is 2.58. The monoisotopic (exact) mass is 261 g/mol. The van der Waals surface area contributed by atoms with Crippen LogP contribution in [0.15, 0.2) is 35.9 Å². The molecule has 5 nitrogen and oxygen atoms in total. The maximum atomic E-state index is 11.8. The van der Waals surface area contributed by atoms with Crippen molar-refractivity contribution in [2.75, 3.05) is 19.0 Å². The van der Waals surface area contributed by atoms with Gasteiger partial charge in [0, 0.05) is 30.5 Å². The zero-order valence-electron chi connectivity index (χ0n) is 11.2. The van der Waals surface area contributed by atoms with Gasteiger partial charge in [0.25, 0.3) is 5.91 Å². The number of nitrogen functional groups attached to an aromatic ring is 1. The molecule has 0 aliphatic carbocycles. The van der Waals surface area contributed by atoms with E-state index in [0.717, 1.165) is 0 Å². The number of rotatable bonds is 6. The number of carbonyl (C=O) groups is 1. The van der Waals surface area contributed by atoms with Crippen molar-refractivity contribution in [1.29, 1.82) is 5.41 Å². The van der Waals surface area contributed by atoms with Gasteiger partial charge < -0.3 is 15.8 Å². The minimum atomic E-state index is -0.147. The van der Waals surface area contributed by atoms with Gasteiger partial charge in [0.1, 0.15) is 5.84 Å². The number of hydrogen-bond donors (Lipinski definition) is 3. The van der Waals surface area contributed by atoms with Crippen LogP contribution >= 0.6 is 0 Å². The molecule has 4 N–H and O–H groups in total. The Morgan fingerprint density at radius 3 is 2.58 bits per heavy atom. The molecule has 0 unspecified atom stereocenters. The Morgan fingerprint density at radius 1 is 1.42 bits per heavy atom. The first kappa shape index (κ1) is 14.9. The maximum Gasteiger partial charge on any atom is 0.250 e. The molecule has 0 saturated heterocycles. The minimum absolute atomic E-state index is 0.00789. The fourth-order valence-corrected chi connectivity index (χ4v) is 1.45. The van der Waals surface area contributed by atoms with Gasteiger partial charge in [-0.15, -0.1) is 0 Å². The number of nitrogens with two attached hydrogens (primary N) is 1. The van der Waals surface area contributed by atoms with Crippen molar-refractivity contribution >= 4 is 17.4 Å². The van der Waals surface area contributed by atoms with E-state index in [2.05, 4.69) is 5.32 Å². The van der Waals surface area contributed by atoms with Crippen molar-refractivity contribution in [3.05, 3.63) is 41.5 Å². The molecule has 0 saturated carbocycles. The van der Waals surface area contributed by atoms with Gasteiger partial charge >= 0.3 is 0 Å². The molecule has 1 amide bonds. The average molecular weight is 261 g/mol. The average Bonchev–Trinajstić information content (AvgIpc) is 2.39. The summed E-state index contributed by atoms with van der Waals surface area (Å²) >= 11 is 0. The lowest BCUT2D eigenvalue weighted by Crippen LogP contribution is -2.14. The summed E-state index contributed by atoms with van der Waals surface area (Å²) in [6.07, 6.45) is 2.54. The van der Waals surface area contributed by atoms with Crippen LogP contribution in [-0.4, -0.2) is 25.5 Å². The second kappa shape index (κ2) is 7.33. The molecule has 1 rings (SSSR count). The number of carbonyl (C=O) groups excluding carboxylic acids is 1. The van der Waals surface area contributed by atoms with Crippen LogP contribution < -0.4 is 11.1 Å². The largest absolute Gasteiger partial charge is 0.384 e. The Hall–Kier alpha value is -2.14. The van der Waals surface area contributed by atoms with Gasteiger partial charge in [-0.05, 0) is 37.6 Å². The number of benzene rings is 1. The van der Waals surface area contributed by atoms with Crippen molar-refractivity contribution in [1.82, 2.24) is 0 Å². The van der Waals surface area contributed by atoms with Gasteiger partial charge in [0.2, 0.25) is 0 Å². The molecule has 0 atom stereocenters. The van der Waals surface area contributed by atoms with E-state index in [1.807, 2.05) is 6.08 Å². The van der Waals surface area contributed by atoms with E-state index in [1.54, 1.807) is 38.3 Å². The molecule has 1 aromatic rings. The molecule has 0 radical (unpaired) electrons. The predicted molar refractivity (Wildman–Crippen MR) is 76.3 cm³/mol. The molecule has 0 aliphatic heterocycles. The summed E-state index contributed by atoms with van der Waals surface area (Å²) in [5.41, 5.74) is 7.31. The highest BCUT2D eigenvalue weighted by molar-refractivity contribution is 6.03. The molecule has 1 aromatic carbocycles. The van der Waals surface area contributed by atoms with Crippen LogP contribution in [0.4, 0.5) is 5.69 Å². The summed E-state index contributed by atoms with van der Waals surface area (Å²) in [6, 6.07) is 6.83. The second-order valence-corrected chi connectivity index (χ2v) is 4.11. The number of amides is 1. The zero-order valence-corrected chi connectivity index (χ0v) is 11.2. The van der Waals surface area contributed by atoms with Crippen LogP contribution in [0.2, 0.25) is 0 Å². The van der Waals surface area contributed by atoms with E-state index >= 15 is 0 Å². The van der Waals surface area contributed by atoms with Crippen LogP contribution in [0.5, 0.6) is 0 Å². The fourth-order valence-electron chi connectivity index (χ4n) is 1.45. The van der Waals surface area contributed by atoms with E-state index < -0.39 is 0 Å². The van der Waals surface area contributed by atoms with Gasteiger partial charge in [0.15, 0.2) is 0 Å². The summed E-state index contributed by atoms with van der Waals surface area (Å²) in [5.74, 6) is -0.139. The highest BCUT2D eigenvalue weighted by Gasteiger charge is 2.04. The highest BCUT2D eigenvalue weighted by atomic mass is 16.5. The normalized spacial score (nSPS) is 11.2. The van der Waals surface area contributed by atoms with E-state index in [9.17, 15) is 4.79 Å². The first-order valence-corrected chi connectivity index (χ1v) is 5.96. The summed E-state index contributed by atoms with van der Waals surface area (Å²) in [4.78, 5) is 11.8. The smallest absolute Gasteiger partial charge is 0.250 e. The van der Waals surface area contributed by atoms with E-state index in [0.29, 0.717) is 29.9 Å². The second-order valence-electron chi connectivity index (χ2n) is 4.11. The third-order valence-corrected chi connectivity index (χ3v) is 2.58. The predicted octanol–water partition coefficient (Wildman–Crippen LogP) is 1.89. The zero-order chi connectivity index (χ0) is 14.3. The number of nitrogens with one attached hydrogen (secondary N) is 2. The molecule has 102 valence electrons. The first-order chi connectivity index (χ1) is 9.04. The van der Waals surface area contributed by atoms with E-state index in [1.165, 1.54) is 0 Å². The molecule has 5 heteroatoms. The molecule has 0 bridgehead atoms. The standard InChI is InChI=1S/C14H19N3O2/c1-10(4-3-9-19-2)14(18)17-12-7-5-11(6-8-12)13(15)16/h4-8H,3,9H2,1-2H3,(H3,15,16)(H,17,18)/b10-4+. The number of amidine groups is 1. The number of ether oxygens (including phenoxy) is 1. The molecule has 0 heterocycles. The first-order valence-electron chi connectivity index (χ1n) is 5.96. The van der Waals surface area contributed by atoms with Crippen molar-refractivity contribution in [2.45, 2.75) is 13.3 Å². The fraction of sp³-hybridized carbons (Fsp3) is 0.286. The van der Waals surface area contributed by atoms with Gasteiger partial charge in [-0.25, -0.2) is 0 Å². The third kappa shape index (κ3) is 4.93. The number of anilines is 1. The molecule has 0 aliphatic rings. The summed E-state index contributed by atoms with van der Waals surface area (Å²) in [5, 5.41) is 10.1. The van der Waals surface area contributed by atoms with Crippen LogP contribution in [0.1, 0.15) is 18.9 Å². The highest BCUT2D eigenvalue weighted by Crippen LogP contribution is 2.10. The van der Waals surface area contributed by atoms with Gasteiger partial charge in [-0.3, -0.25) is 10.2 Å². The lowest BCUT2D eigenvalue weighted by Gasteiger charge is -2.06. The minimum Gasteiger partial charge on any atom is -0.384 e. The van der Waals surface area contributed by atoms with Crippen molar-refractivity contribution < 1.29 is 9.53 Å². The summed E-state index contributed by atoms with van der Waals surface area (Å²) < 4.78 is 4.92. The molecule has 19 heavy (non-hydrogen) atoms. The summed E-state index contributed by atoms with van der Waals surface area (Å²) in [7, 11) is 1.62. The van der Waals surface area contributed by atoms with Gasteiger partial charge in [-0.1, -0.05) is 6.08 Å². The Labute approximate surface area is 113 Å². The van der Waals surface area contributed by atoms with Gasteiger partial charge in [-0.2, -0.15) is 0 Å². The Balaban J connectivity index is 2.61. The van der Waals surface area contributed by atoms with Crippen LogP contribution in [0, 0.1) is 5.41 Å². The quantitative estimate of drug-likeness (QED) is 0.316. The number of methoxy groups -OCH3 is 1. The SMILES string of the molecule is COCC/C=C(\C)C(=O)Nc1ccc(C(=N)N)cc1. The molecular formula is C14H19N3O2. The lowest BCUT2D eigenvalue weighted by molar-refractivity contribution is -0.112. The van der Waals surface area contributed by atoms with E-state index in [-0.39, 0.29) is 11.7 Å². The Kier molecular flexibility index (Phi) is 5.75.